The van der Waals surface area contributed by atoms with Crippen LogP contribution < -0.4 is 0 Å². The van der Waals surface area contributed by atoms with Crippen molar-refractivity contribution in [3.8, 4) is 5.75 Å². The van der Waals surface area contributed by atoms with E-state index < -0.39 is 23.8 Å². The van der Waals surface area contributed by atoms with Crippen LogP contribution in [0.1, 0.15) is 30.4 Å². The quantitative estimate of drug-likeness (QED) is 0.756. The van der Waals surface area contributed by atoms with Gasteiger partial charge in [0.15, 0.2) is 0 Å². The average Bonchev–Trinajstić information content (AvgIpc) is 2.29. The lowest BCUT2D eigenvalue weighted by molar-refractivity contribution is -0.151. The third kappa shape index (κ3) is 1.92. The molecule has 96 valence electrons. The molecule has 1 atom stereocenters. The van der Waals surface area contributed by atoms with E-state index in [1.807, 2.05) is 0 Å². The molecule has 0 fully saturated rings. The summed E-state index contributed by atoms with van der Waals surface area (Å²) >= 11 is 0. The SMILES string of the molecule is O=C(O)C[C@]1(C(=O)O)CCCc2ccc(O)cc21. The lowest BCUT2D eigenvalue weighted by Gasteiger charge is -2.34. The van der Waals surface area contributed by atoms with Gasteiger partial charge in [0.05, 0.1) is 6.42 Å². The maximum atomic E-state index is 11.5. The summed E-state index contributed by atoms with van der Waals surface area (Å²) in [5.74, 6) is -2.32. The molecule has 18 heavy (non-hydrogen) atoms. The molecule has 5 nitrogen and oxygen atoms in total. The van der Waals surface area contributed by atoms with E-state index in [-0.39, 0.29) is 12.2 Å². The maximum Gasteiger partial charge on any atom is 0.314 e. The molecule has 0 unspecified atom stereocenters. The molecule has 1 aliphatic rings. The molecular weight excluding hydrogens is 236 g/mol. The predicted molar refractivity (Wildman–Crippen MR) is 62.6 cm³/mol. The van der Waals surface area contributed by atoms with Gasteiger partial charge < -0.3 is 15.3 Å². The van der Waals surface area contributed by atoms with Gasteiger partial charge in [0.25, 0.3) is 0 Å². The van der Waals surface area contributed by atoms with Crippen LogP contribution in [0.4, 0.5) is 0 Å². The zero-order valence-electron chi connectivity index (χ0n) is 9.72. The lowest BCUT2D eigenvalue weighted by atomic mass is 9.68. The summed E-state index contributed by atoms with van der Waals surface area (Å²) in [6.45, 7) is 0. The fraction of sp³-hybridized carbons (Fsp3) is 0.385. The van der Waals surface area contributed by atoms with Crippen molar-refractivity contribution in [2.45, 2.75) is 31.1 Å². The number of hydrogen-bond donors (Lipinski definition) is 3. The number of fused-ring (bicyclic) bond motifs is 1. The molecule has 5 heteroatoms. The number of benzene rings is 1. The first kappa shape index (κ1) is 12.4. The second-order valence-electron chi connectivity index (χ2n) is 4.65. The number of phenols is 1. The molecule has 2 rings (SSSR count). The molecule has 1 aliphatic carbocycles. The number of carbonyl (C=O) groups is 2. The van der Waals surface area contributed by atoms with Crippen molar-refractivity contribution in [2.24, 2.45) is 0 Å². The van der Waals surface area contributed by atoms with E-state index in [4.69, 9.17) is 5.11 Å². The Morgan fingerprint density at radius 1 is 1.28 bits per heavy atom. The summed E-state index contributed by atoms with van der Waals surface area (Å²) in [5.41, 5.74) is -0.177. The van der Waals surface area contributed by atoms with E-state index in [1.54, 1.807) is 6.07 Å². The van der Waals surface area contributed by atoms with Gasteiger partial charge in [0.1, 0.15) is 11.2 Å². The largest absolute Gasteiger partial charge is 0.508 e. The molecule has 0 bridgehead atoms. The molecule has 0 saturated heterocycles. The Balaban J connectivity index is 2.59. The van der Waals surface area contributed by atoms with Gasteiger partial charge in [-0.1, -0.05) is 6.07 Å². The van der Waals surface area contributed by atoms with E-state index >= 15 is 0 Å². The van der Waals surface area contributed by atoms with Crippen LogP contribution in [-0.4, -0.2) is 27.3 Å². The molecule has 0 spiro atoms. The number of aryl methyl sites for hydroxylation is 1. The normalized spacial score (nSPS) is 22.2. The van der Waals surface area contributed by atoms with E-state index in [0.717, 1.165) is 5.56 Å². The van der Waals surface area contributed by atoms with Crippen molar-refractivity contribution in [3.63, 3.8) is 0 Å². The fourth-order valence-electron chi connectivity index (χ4n) is 2.68. The number of aromatic hydroxyl groups is 1. The Labute approximate surface area is 104 Å². The van der Waals surface area contributed by atoms with Crippen LogP contribution in [0.5, 0.6) is 5.75 Å². The average molecular weight is 250 g/mol. The van der Waals surface area contributed by atoms with Gasteiger partial charge in [0.2, 0.25) is 0 Å². The van der Waals surface area contributed by atoms with Crippen molar-refractivity contribution < 1.29 is 24.9 Å². The van der Waals surface area contributed by atoms with Crippen molar-refractivity contribution >= 4 is 11.9 Å². The van der Waals surface area contributed by atoms with Gasteiger partial charge in [-0.25, -0.2) is 0 Å². The third-order valence-corrected chi connectivity index (χ3v) is 3.52. The molecule has 0 aromatic heterocycles. The van der Waals surface area contributed by atoms with Crippen LogP contribution in [0, 0.1) is 0 Å². The minimum Gasteiger partial charge on any atom is -0.508 e. The van der Waals surface area contributed by atoms with Crippen molar-refractivity contribution in [2.75, 3.05) is 0 Å². The summed E-state index contributed by atoms with van der Waals surface area (Å²) in [6.07, 6.45) is 1.17. The van der Waals surface area contributed by atoms with E-state index in [0.29, 0.717) is 18.4 Å². The second kappa shape index (κ2) is 4.33. The van der Waals surface area contributed by atoms with Gasteiger partial charge in [-0.05, 0) is 42.5 Å². The summed E-state index contributed by atoms with van der Waals surface area (Å²) < 4.78 is 0. The van der Waals surface area contributed by atoms with Crippen LogP contribution in [0.15, 0.2) is 18.2 Å². The number of rotatable bonds is 3. The van der Waals surface area contributed by atoms with Gasteiger partial charge in [-0.15, -0.1) is 0 Å². The first-order valence-corrected chi connectivity index (χ1v) is 5.73. The Morgan fingerprint density at radius 3 is 2.61 bits per heavy atom. The van der Waals surface area contributed by atoms with Crippen LogP contribution in [-0.2, 0) is 21.4 Å². The molecular formula is C13H14O5. The number of hydrogen-bond acceptors (Lipinski definition) is 3. The molecule has 0 amide bonds. The molecule has 3 N–H and O–H groups in total. The third-order valence-electron chi connectivity index (χ3n) is 3.52. The molecule has 0 heterocycles. The second-order valence-corrected chi connectivity index (χ2v) is 4.65. The smallest absolute Gasteiger partial charge is 0.314 e. The summed E-state index contributed by atoms with van der Waals surface area (Å²) in [4.78, 5) is 22.5. The Morgan fingerprint density at radius 2 is 2.00 bits per heavy atom. The zero-order chi connectivity index (χ0) is 13.3. The summed E-state index contributed by atoms with van der Waals surface area (Å²) in [7, 11) is 0. The molecule has 0 aliphatic heterocycles. The summed E-state index contributed by atoms with van der Waals surface area (Å²) in [5, 5.41) is 27.9. The van der Waals surface area contributed by atoms with Gasteiger partial charge in [0, 0.05) is 0 Å². The summed E-state index contributed by atoms with van der Waals surface area (Å²) in [6, 6.07) is 4.55. The number of carboxylic acids is 2. The zero-order valence-corrected chi connectivity index (χ0v) is 9.72. The number of aliphatic carboxylic acids is 2. The molecule has 0 radical (unpaired) electrons. The predicted octanol–water partition coefficient (Wildman–Crippen LogP) is 1.53. The minimum absolute atomic E-state index is 0.0355. The van der Waals surface area contributed by atoms with Crippen molar-refractivity contribution in [3.05, 3.63) is 29.3 Å². The number of carboxylic acid groups (broad SMARTS) is 2. The standard InChI is InChI=1S/C13H14O5/c14-9-4-3-8-2-1-5-13(12(17)18,7-11(15)16)10(8)6-9/h3-4,6,14H,1-2,5,7H2,(H,15,16)(H,17,18)/t13-/m1/s1. The highest BCUT2D eigenvalue weighted by atomic mass is 16.4. The Kier molecular flexibility index (Phi) is 2.98. The van der Waals surface area contributed by atoms with Crippen LogP contribution >= 0.6 is 0 Å². The molecule has 1 aromatic rings. The van der Waals surface area contributed by atoms with Gasteiger partial charge >= 0.3 is 11.9 Å². The van der Waals surface area contributed by atoms with Crippen LogP contribution in [0.3, 0.4) is 0 Å². The highest BCUT2D eigenvalue weighted by Crippen LogP contribution is 2.41. The van der Waals surface area contributed by atoms with Gasteiger partial charge in [-0.2, -0.15) is 0 Å². The van der Waals surface area contributed by atoms with E-state index in [2.05, 4.69) is 0 Å². The lowest BCUT2D eigenvalue weighted by Crippen LogP contribution is -2.41. The highest BCUT2D eigenvalue weighted by molar-refractivity contribution is 5.88. The maximum absolute atomic E-state index is 11.5. The van der Waals surface area contributed by atoms with Crippen molar-refractivity contribution in [1.82, 2.24) is 0 Å². The van der Waals surface area contributed by atoms with Crippen molar-refractivity contribution in [1.29, 1.82) is 0 Å². The van der Waals surface area contributed by atoms with Gasteiger partial charge in [-0.3, -0.25) is 9.59 Å². The molecule has 1 aromatic carbocycles. The van der Waals surface area contributed by atoms with Crippen LogP contribution in [0.25, 0.3) is 0 Å². The fourth-order valence-corrected chi connectivity index (χ4v) is 2.68. The van der Waals surface area contributed by atoms with Crippen LogP contribution in [0.2, 0.25) is 0 Å². The monoisotopic (exact) mass is 250 g/mol. The first-order chi connectivity index (χ1) is 8.45. The van der Waals surface area contributed by atoms with E-state index in [9.17, 15) is 19.8 Å². The number of phenolic OH excluding ortho intramolecular Hbond substituents is 1. The van der Waals surface area contributed by atoms with E-state index in [1.165, 1.54) is 12.1 Å². The minimum atomic E-state index is -1.42. The Bertz CT molecular complexity index is 508. The highest BCUT2D eigenvalue weighted by Gasteiger charge is 2.45. The Hall–Kier alpha value is -2.04. The topological polar surface area (TPSA) is 94.8 Å². The first-order valence-electron chi connectivity index (χ1n) is 5.73. The molecule has 0 saturated carbocycles.